The van der Waals surface area contributed by atoms with E-state index in [0.29, 0.717) is 17.0 Å². The SMILES string of the molecule is CCOC(=O)CN(C(=O)COC(=O)c1ccc(OC)cc1)c1ccccc1. The van der Waals surface area contributed by atoms with Gasteiger partial charge >= 0.3 is 11.9 Å². The standard InChI is InChI=1S/C20H21NO6/c1-3-26-19(23)13-21(16-7-5-4-6-8-16)18(22)14-27-20(24)15-9-11-17(25-2)12-10-15/h4-12H,3,13-14H2,1-2H3. The molecule has 2 aromatic carbocycles. The van der Waals surface area contributed by atoms with Crippen LogP contribution in [0.15, 0.2) is 54.6 Å². The van der Waals surface area contributed by atoms with Crippen LogP contribution < -0.4 is 9.64 Å². The first kappa shape index (κ1) is 20.0. The van der Waals surface area contributed by atoms with E-state index in [-0.39, 0.29) is 13.2 Å². The first-order valence-electron chi connectivity index (χ1n) is 8.37. The van der Waals surface area contributed by atoms with Gasteiger partial charge in [-0.25, -0.2) is 4.79 Å². The van der Waals surface area contributed by atoms with Crippen LogP contribution in [0.2, 0.25) is 0 Å². The van der Waals surface area contributed by atoms with Crippen molar-refractivity contribution >= 4 is 23.5 Å². The second kappa shape index (κ2) is 9.96. The predicted octanol–water partition coefficient (Wildman–Crippen LogP) is 2.45. The Hall–Kier alpha value is -3.35. The van der Waals surface area contributed by atoms with Crippen molar-refractivity contribution < 1.29 is 28.6 Å². The van der Waals surface area contributed by atoms with Crippen LogP contribution in [-0.4, -0.2) is 44.7 Å². The normalized spacial score (nSPS) is 10.0. The Morgan fingerprint density at radius 2 is 1.59 bits per heavy atom. The molecular weight excluding hydrogens is 350 g/mol. The molecule has 0 heterocycles. The van der Waals surface area contributed by atoms with Crippen LogP contribution in [-0.2, 0) is 19.1 Å². The summed E-state index contributed by atoms with van der Waals surface area (Å²) in [5.41, 5.74) is 0.802. The zero-order valence-electron chi connectivity index (χ0n) is 15.2. The third kappa shape index (κ3) is 5.85. The number of ether oxygens (including phenoxy) is 3. The number of carbonyl (C=O) groups excluding carboxylic acids is 3. The topological polar surface area (TPSA) is 82.1 Å². The van der Waals surface area contributed by atoms with Gasteiger partial charge in [0.2, 0.25) is 0 Å². The molecule has 0 bridgehead atoms. The average Bonchev–Trinajstić information content (AvgIpc) is 2.71. The lowest BCUT2D eigenvalue weighted by Gasteiger charge is -2.21. The molecule has 2 aromatic rings. The Balaban J connectivity index is 2.03. The molecule has 0 aromatic heterocycles. The molecule has 0 saturated carbocycles. The van der Waals surface area contributed by atoms with Gasteiger partial charge in [0.15, 0.2) is 6.61 Å². The number of benzene rings is 2. The van der Waals surface area contributed by atoms with E-state index in [4.69, 9.17) is 14.2 Å². The number of nitrogens with zero attached hydrogens (tertiary/aromatic N) is 1. The van der Waals surface area contributed by atoms with Crippen LogP contribution in [0.1, 0.15) is 17.3 Å². The summed E-state index contributed by atoms with van der Waals surface area (Å²) in [4.78, 5) is 37.7. The van der Waals surface area contributed by atoms with E-state index in [1.54, 1.807) is 61.5 Å². The molecule has 0 aliphatic carbocycles. The number of amides is 1. The quantitative estimate of drug-likeness (QED) is 0.663. The number of methoxy groups -OCH3 is 1. The average molecular weight is 371 g/mol. The van der Waals surface area contributed by atoms with E-state index in [2.05, 4.69) is 0 Å². The van der Waals surface area contributed by atoms with E-state index in [0.717, 1.165) is 0 Å². The van der Waals surface area contributed by atoms with Gasteiger partial charge in [0.25, 0.3) is 5.91 Å². The number of rotatable bonds is 8. The molecule has 0 saturated heterocycles. The highest BCUT2D eigenvalue weighted by atomic mass is 16.5. The Morgan fingerprint density at radius 1 is 0.926 bits per heavy atom. The fraction of sp³-hybridized carbons (Fsp3) is 0.250. The summed E-state index contributed by atoms with van der Waals surface area (Å²) in [6.45, 7) is 1.13. The molecule has 27 heavy (non-hydrogen) atoms. The van der Waals surface area contributed by atoms with Gasteiger partial charge in [0, 0.05) is 5.69 Å². The molecule has 0 aliphatic heterocycles. The minimum Gasteiger partial charge on any atom is -0.497 e. The van der Waals surface area contributed by atoms with E-state index in [1.165, 1.54) is 12.0 Å². The summed E-state index contributed by atoms with van der Waals surface area (Å²) < 4.78 is 15.0. The Bertz CT molecular complexity index is 773. The third-order valence-corrected chi connectivity index (χ3v) is 3.61. The number of anilines is 1. The molecule has 0 spiro atoms. The van der Waals surface area contributed by atoms with Crippen molar-refractivity contribution in [2.75, 3.05) is 31.8 Å². The molecular formula is C20H21NO6. The van der Waals surface area contributed by atoms with Gasteiger partial charge in [-0.15, -0.1) is 0 Å². The van der Waals surface area contributed by atoms with Crippen molar-refractivity contribution in [3.8, 4) is 5.75 Å². The van der Waals surface area contributed by atoms with Crippen LogP contribution in [0.4, 0.5) is 5.69 Å². The van der Waals surface area contributed by atoms with Crippen molar-refractivity contribution in [2.24, 2.45) is 0 Å². The highest BCUT2D eigenvalue weighted by Gasteiger charge is 2.21. The number of esters is 2. The minimum absolute atomic E-state index is 0.210. The lowest BCUT2D eigenvalue weighted by atomic mass is 10.2. The second-order valence-corrected chi connectivity index (χ2v) is 5.43. The zero-order valence-corrected chi connectivity index (χ0v) is 15.2. The molecule has 0 unspecified atom stereocenters. The largest absolute Gasteiger partial charge is 0.497 e. The van der Waals surface area contributed by atoms with Gasteiger partial charge < -0.3 is 14.2 Å². The highest BCUT2D eigenvalue weighted by molar-refractivity contribution is 6.00. The molecule has 0 aliphatic rings. The molecule has 0 radical (unpaired) electrons. The maximum atomic E-state index is 12.5. The number of carbonyl (C=O) groups is 3. The smallest absolute Gasteiger partial charge is 0.338 e. The van der Waals surface area contributed by atoms with E-state index in [9.17, 15) is 14.4 Å². The molecule has 0 fully saturated rings. The monoisotopic (exact) mass is 371 g/mol. The minimum atomic E-state index is -0.643. The molecule has 142 valence electrons. The highest BCUT2D eigenvalue weighted by Crippen LogP contribution is 2.15. The van der Waals surface area contributed by atoms with Gasteiger partial charge in [0.1, 0.15) is 12.3 Å². The summed E-state index contributed by atoms with van der Waals surface area (Å²) in [6, 6.07) is 15.0. The van der Waals surface area contributed by atoms with Crippen molar-refractivity contribution in [3.05, 3.63) is 60.2 Å². The summed E-state index contributed by atoms with van der Waals surface area (Å²) >= 11 is 0. The van der Waals surface area contributed by atoms with Crippen LogP contribution in [0.3, 0.4) is 0 Å². The summed E-state index contributed by atoms with van der Waals surface area (Å²) in [5, 5.41) is 0. The first-order valence-corrected chi connectivity index (χ1v) is 8.37. The van der Waals surface area contributed by atoms with Gasteiger partial charge in [-0.05, 0) is 43.3 Å². The maximum absolute atomic E-state index is 12.5. The lowest BCUT2D eigenvalue weighted by Crippen LogP contribution is -2.39. The van der Waals surface area contributed by atoms with Crippen LogP contribution in [0, 0.1) is 0 Å². The van der Waals surface area contributed by atoms with Gasteiger partial charge in [-0.2, -0.15) is 0 Å². The number of hydrogen-bond donors (Lipinski definition) is 0. The predicted molar refractivity (Wildman–Crippen MR) is 98.7 cm³/mol. The molecule has 0 atom stereocenters. The van der Waals surface area contributed by atoms with Crippen LogP contribution in [0.5, 0.6) is 5.75 Å². The third-order valence-electron chi connectivity index (χ3n) is 3.61. The zero-order chi connectivity index (χ0) is 19.6. The Morgan fingerprint density at radius 3 is 2.19 bits per heavy atom. The molecule has 7 nitrogen and oxygen atoms in total. The number of hydrogen-bond acceptors (Lipinski definition) is 6. The van der Waals surface area contributed by atoms with Crippen molar-refractivity contribution in [1.29, 1.82) is 0 Å². The summed E-state index contributed by atoms with van der Waals surface area (Å²) in [5.74, 6) is -1.12. The first-order chi connectivity index (χ1) is 13.0. The van der Waals surface area contributed by atoms with E-state index in [1.807, 2.05) is 0 Å². The van der Waals surface area contributed by atoms with Crippen LogP contribution in [0.25, 0.3) is 0 Å². The summed E-state index contributed by atoms with van der Waals surface area (Å²) in [7, 11) is 1.52. The van der Waals surface area contributed by atoms with Crippen molar-refractivity contribution in [2.45, 2.75) is 6.92 Å². The van der Waals surface area contributed by atoms with Gasteiger partial charge in [0.05, 0.1) is 19.3 Å². The maximum Gasteiger partial charge on any atom is 0.338 e. The Labute approximate surface area is 157 Å². The fourth-order valence-corrected chi connectivity index (χ4v) is 2.28. The van der Waals surface area contributed by atoms with E-state index >= 15 is 0 Å². The van der Waals surface area contributed by atoms with E-state index < -0.39 is 24.5 Å². The Kier molecular flexibility index (Phi) is 7.37. The molecule has 2 rings (SSSR count). The van der Waals surface area contributed by atoms with Gasteiger partial charge in [-0.3, -0.25) is 14.5 Å². The summed E-state index contributed by atoms with van der Waals surface area (Å²) in [6.07, 6.45) is 0. The molecule has 1 amide bonds. The molecule has 7 heteroatoms. The van der Waals surface area contributed by atoms with Crippen LogP contribution >= 0.6 is 0 Å². The van der Waals surface area contributed by atoms with Gasteiger partial charge in [-0.1, -0.05) is 18.2 Å². The van der Waals surface area contributed by atoms with Crippen molar-refractivity contribution in [3.63, 3.8) is 0 Å². The molecule has 0 N–H and O–H groups in total. The fourth-order valence-electron chi connectivity index (χ4n) is 2.28. The number of para-hydroxylation sites is 1. The second-order valence-electron chi connectivity index (χ2n) is 5.43. The van der Waals surface area contributed by atoms with Crippen molar-refractivity contribution in [1.82, 2.24) is 0 Å². The lowest BCUT2D eigenvalue weighted by molar-refractivity contribution is -0.142.